The van der Waals surface area contributed by atoms with E-state index >= 15 is 0 Å². The van der Waals surface area contributed by atoms with E-state index in [-0.39, 0.29) is 12.5 Å². The van der Waals surface area contributed by atoms with Gasteiger partial charge in [0, 0.05) is 18.5 Å². The molecule has 0 spiro atoms. The maximum Gasteiger partial charge on any atom is 0.410 e. The van der Waals surface area contributed by atoms with Gasteiger partial charge in [-0.25, -0.2) is 14.4 Å². The highest BCUT2D eigenvalue weighted by Gasteiger charge is 2.52. The van der Waals surface area contributed by atoms with Crippen LogP contribution in [0.1, 0.15) is 69.1 Å². The average Bonchev–Trinajstić information content (AvgIpc) is 2.77. The highest BCUT2D eigenvalue weighted by Crippen LogP contribution is 2.41. The molecule has 2 atom stereocenters. The van der Waals surface area contributed by atoms with Crippen LogP contribution < -0.4 is 0 Å². The number of cyclic esters (lactones) is 1. The Labute approximate surface area is 168 Å². The fourth-order valence-corrected chi connectivity index (χ4v) is 3.54. The molecule has 2 aliphatic rings. The summed E-state index contributed by atoms with van der Waals surface area (Å²) in [6, 6.07) is -2.01. The maximum atomic E-state index is 12.6. The van der Waals surface area contributed by atoms with E-state index in [0.717, 1.165) is 4.90 Å². The van der Waals surface area contributed by atoms with Crippen LogP contribution >= 0.6 is 0 Å². The summed E-state index contributed by atoms with van der Waals surface area (Å²) in [5.74, 6) is -0.837. The highest BCUT2D eigenvalue weighted by molar-refractivity contribution is 5.84. The summed E-state index contributed by atoms with van der Waals surface area (Å²) in [7, 11) is 0. The topological polar surface area (TPSA) is 96.4 Å². The van der Waals surface area contributed by atoms with E-state index in [4.69, 9.17) is 10.8 Å². The van der Waals surface area contributed by atoms with E-state index in [9.17, 15) is 19.5 Å². The van der Waals surface area contributed by atoms with Crippen molar-refractivity contribution in [2.24, 2.45) is 10.8 Å². The molecule has 1 N–H and O–H groups in total. The molecule has 0 aliphatic carbocycles. The summed E-state index contributed by atoms with van der Waals surface area (Å²) in [5, 5.41) is 9.74. The van der Waals surface area contributed by atoms with Crippen molar-refractivity contribution < 1.29 is 30.3 Å². The molecule has 0 saturated carbocycles. The number of carboxylic acid groups (broad SMARTS) is 1. The fourth-order valence-electron chi connectivity index (χ4n) is 3.54. The van der Waals surface area contributed by atoms with Crippen molar-refractivity contribution in [1.29, 1.82) is 0 Å². The number of carbonyl (C=O) groups excluding carboxylic acids is 2. The molecule has 0 aromatic heterocycles. The van der Waals surface area contributed by atoms with Gasteiger partial charge in [-0.15, -0.1) is 0 Å². The normalized spacial score (nSPS) is 28.6. The van der Waals surface area contributed by atoms with Crippen LogP contribution in [0.3, 0.4) is 0 Å². The third kappa shape index (κ3) is 5.08. The Morgan fingerprint density at radius 1 is 1.25 bits per heavy atom. The van der Waals surface area contributed by atoms with Gasteiger partial charge in [0.2, 0.25) is 0 Å². The molecule has 0 aromatic carbocycles. The van der Waals surface area contributed by atoms with Crippen molar-refractivity contribution in [3.8, 4) is 0 Å². The number of esters is 1. The van der Waals surface area contributed by atoms with Crippen molar-refractivity contribution in [2.45, 2.75) is 85.6 Å². The number of likely N-dealkylation sites (tertiary alicyclic amines) is 1. The average molecular weight is 400 g/mol. The molecule has 0 unspecified atom stereocenters. The molecule has 8 heteroatoms. The first-order valence-electron chi connectivity index (χ1n) is 10.2. The van der Waals surface area contributed by atoms with Crippen molar-refractivity contribution >= 4 is 18.2 Å². The second-order valence-electron chi connectivity index (χ2n) is 10.2. The molecule has 2 saturated heterocycles. The lowest BCUT2D eigenvalue weighted by Crippen LogP contribution is -2.50. The van der Waals surface area contributed by atoms with Crippen LogP contribution in [0.4, 0.5) is 9.59 Å². The lowest BCUT2D eigenvalue weighted by molar-refractivity contribution is -0.147. The zero-order valence-corrected chi connectivity index (χ0v) is 18.0. The standard InChI is InChI=1S/C20H34N2O6/c1-18(2,3)15-22(16(24)25)13(14(23)27-15)12-20(7)8-10-21(11-9-20)17(26)28-19(4,5)6/h13,15H,8-12H2,1-7H3,(H,24,25)/t13-,15+/m0/s1/i13D. The molecule has 28 heavy (non-hydrogen) atoms. The monoisotopic (exact) mass is 399 g/mol. The Morgan fingerprint density at radius 3 is 2.21 bits per heavy atom. The van der Waals surface area contributed by atoms with E-state index in [2.05, 4.69) is 0 Å². The van der Waals surface area contributed by atoms with E-state index in [0.29, 0.717) is 25.9 Å². The number of hydrogen-bond donors (Lipinski definition) is 1. The van der Waals surface area contributed by atoms with Crippen molar-refractivity contribution in [2.75, 3.05) is 13.1 Å². The molecular weight excluding hydrogens is 364 g/mol. The van der Waals surface area contributed by atoms with Gasteiger partial charge in [-0.3, -0.25) is 4.90 Å². The Morgan fingerprint density at radius 2 is 1.79 bits per heavy atom. The molecule has 2 amide bonds. The molecule has 2 rings (SSSR count). The largest absolute Gasteiger partial charge is 0.465 e. The molecule has 2 aliphatic heterocycles. The minimum atomic E-state index is -2.01. The Balaban J connectivity index is 2.15. The van der Waals surface area contributed by atoms with Crippen LogP contribution in [0.25, 0.3) is 0 Å². The molecule has 0 aromatic rings. The number of nitrogens with zero attached hydrogens (tertiary/aromatic N) is 2. The lowest BCUT2D eigenvalue weighted by atomic mass is 9.75. The third-order valence-corrected chi connectivity index (χ3v) is 5.14. The number of amides is 2. The first kappa shape index (κ1) is 20.7. The molecule has 0 bridgehead atoms. The number of hydrogen-bond acceptors (Lipinski definition) is 5. The summed E-state index contributed by atoms with van der Waals surface area (Å²) in [4.78, 5) is 39.3. The van der Waals surface area contributed by atoms with Crippen LogP contribution in [0.5, 0.6) is 0 Å². The summed E-state index contributed by atoms with van der Waals surface area (Å²) in [5.41, 5.74) is -1.72. The number of carbonyl (C=O) groups is 3. The highest BCUT2D eigenvalue weighted by atomic mass is 16.6. The van der Waals surface area contributed by atoms with Gasteiger partial charge >= 0.3 is 18.2 Å². The second-order valence-corrected chi connectivity index (χ2v) is 10.2. The quantitative estimate of drug-likeness (QED) is 0.712. The Hall–Kier alpha value is -1.99. The lowest BCUT2D eigenvalue weighted by Gasteiger charge is -2.41. The maximum absolute atomic E-state index is 12.6. The van der Waals surface area contributed by atoms with Crippen LogP contribution in [0, 0.1) is 10.8 Å². The van der Waals surface area contributed by atoms with Gasteiger partial charge < -0.3 is 19.5 Å². The van der Waals surface area contributed by atoms with Crippen LogP contribution in [-0.2, 0) is 14.3 Å². The van der Waals surface area contributed by atoms with Gasteiger partial charge in [0.05, 0.1) is 1.37 Å². The number of rotatable bonds is 2. The summed E-state index contributed by atoms with van der Waals surface area (Å²) < 4.78 is 19.5. The molecule has 8 nitrogen and oxygen atoms in total. The fraction of sp³-hybridized carbons (Fsp3) is 0.850. The third-order valence-electron chi connectivity index (χ3n) is 5.14. The summed E-state index contributed by atoms with van der Waals surface area (Å²) in [6.07, 6.45) is -1.67. The number of piperidine rings is 1. The van der Waals surface area contributed by atoms with Gasteiger partial charge in [-0.1, -0.05) is 27.7 Å². The van der Waals surface area contributed by atoms with Crippen LogP contribution in [-0.4, -0.2) is 64.0 Å². The Bertz CT molecular complexity index is 675. The SMILES string of the molecule is [2H][C@]1(CC2(C)CCN(C(=O)OC(C)(C)C)CC2)C(=O)O[C@H](C(C)(C)C)N1C(=O)O. The zero-order valence-electron chi connectivity index (χ0n) is 19.0. The van der Waals surface area contributed by atoms with E-state index in [1.54, 1.807) is 46.4 Å². The smallest absolute Gasteiger partial charge is 0.410 e. The van der Waals surface area contributed by atoms with Crippen molar-refractivity contribution in [3.05, 3.63) is 0 Å². The van der Waals surface area contributed by atoms with E-state index in [1.165, 1.54) is 0 Å². The van der Waals surface area contributed by atoms with Crippen LogP contribution in [0.15, 0.2) is 0 Å². The molecule has 160 valence electrons. The van der Waals surface area contributed by atoms with E-state index in [1.807, 2.05) is 6.92 Å². The predicted octanol–water partition coefficient (Wildman–Crippen LogP) is 3.69. The zero-order chi connectivity index (χ0) is 22.4. The van der Waals surface area contributed by atoms with E-state index < -0.39 is 40.7 Å². The summed E-state index contributed by atoms with van der Waals surface area (Å²) >= 11 is 0. The van der Waals surface area contributed by atoms with Crippen LogP contribution in [0.2, 0.25) is 0 Å². The minimum Gasteiger partial charge on any atom is -0.465 e. The first-order valence-corrected chi connectivity index (χ1v) is 9.70. The molecule has 0 radical (unpaired) electrons. The molecule has 2 heterocycles. The predicted molar refractivity (Wildman–Crippen MR) is 103 cm³/mol. The van der Waals surface area contributed by atoms with Gasteiger partial charge in [0.25, 0.3) is 0 Å². The van der Waals surface area contributed by atoms with Crippen molar-refractivity contribution in [1.82, 2.24) is 9.80 Å². The summed E-state index contributed by atoms with van der Waals surface area (Å²) in [6.45, 7) is 13.5. The van der Waals surface area contributed by atoms with Gasteiger partial charge in [-0.2, -0.15) is 0 Å². The Kier molecular flexibility index (Phi) is 5.51. The molecular formula is C20H34N2O6. The minimum absolute atomic E-state index is 0.0138. The number of ether oxygens (including phenoxy) is 2. The molecule has 2 fully saturated rings. The van der Waals surface area contributed by atoms with Gasteiger partial charge in [-0.05, 0) is 45.4 Å². The van der Waals surface area contributed by atoms with Gasteiger partial charge in [0.1, 0.15) is 11.6 Å². The second kappa shape index (κ2) is 7.44. The van der Waals surface area contributed by atoms with Gasteiger partial charge in [0.15, 0.2) is 6.23 Å². The van der Waals surface area contributed by atoms with Crippen molar-refractivity contribution in [3.63, 3.8) is 0 Å². The first-order chi connectivity index (χ1) is 13.0.